The van der Waals surface area contributed by atoms with E-state index in [2.05, 4.69) is 20.9 Å². The van der Waals surface area contributed by atoms with Crippen molar-refractivity contribution in [2.45, 2.75) is 6.42 Å². The van der Waals surface area contributed by atoms with E-state index in [4.69, 9.17) is 0 Å². The van der Waals surface area contributed by atoms with Gasteiger partial charge in [0.25, 0.3) is 0 Å². The first kappa shape index (κ1) is 12.0. The summed E-state index contributed by atoms with van der Waals surface area (Å²) in [6.07, 6.45) is 2.09. The van der Waals surface area contributed by atoms with Crippen LogP contribution >= 0.6 is 38.6 Å². The molecule has 0 saturated heterocycles. The third-order valence-corrected chi connectivity index (χ3v) is 5.42. The van der Waals surface area contributed by atoms with Crippen molar-refractivity contribution in [1.29, 1.82) is 0 Å². The first-order valence-corrected chi connectivity index (χ1v) is 7.87. The molecule has 0 atom stereocenters. The van der Waals surface area contributed by atoms with E-state index in [-0.39, 0.29) is 5.78 Å². The number of thiophene rings is 2. The predicted octanol–water partition coefficient (Wildman–Crippen LogP) is 4.55. The molecule has 3 heterocycles. The van der Waals surface area contributed by atoms with Gasteiger partial charge in [-0.3, -0.25) is 9.78 Å². The van der Waals surface area contributed by atoms with Crippen LogP contribution in [0.3, 0.4) is 0 Å². The van der Waals surface area contributed by atoms with Crippen molar-refractivity contribution in [3.05, 3.63) is 50.1 Å². The van der Waals surface area contributed by atoms with Crippen molar-refractivity contribution in [3.63, 3.8) is 0 Å². The van der Waals surface area contributed by atoms with E-state index in [1.165, 1.54) is 0 Å². The molecule has 18 heavy (non-hydrogen) atoms. The fourth-order valence-electron chi connectivity index (χ4n) is 1.70. The summed E-state index contributed by atoms with van der Waals surface area (Å²) in [7, 11) is 0. The Balaban J connectivity index is 1.89. The summed E-state index contributed by atoms with van der Waals surface area (Å²) in [6, 6.07) is 5.86. The average molecular weight is 338 g/mol. The molecule has 0 fully saturated rings. The monoisotopic (exact) mass is 337 g/mol. The lowest BCUT2D eigenvalue weighted by Gasteiger charge is -2.00. The van der Waals surface area contributed by atoms with Gasteiger partial charge in [0.05, 0.1) is 10.2 Å². The lowest BCUT2D eigenvalue weighted by Crippen LogP contribution is -2.02. The largest absolute Gasteiger partial charge is 0.294 e. The number of aromatic nitrogens is 1. The second kappa shape index (κ2) is 4.91. The number of pyridine rings is 1. The van der Waals surface area contributed by atoms with Crippen LogP contribution in [0.4, 0.5) is 0 Å². The van der Waals surface area contributed by atoms with E-state index in [1.54, 1.807) is 28.9 Å². The minimum Gasteiger partial charge on any atom is -0.294 e. The zero-order valence-electron chi connectivity index (χ0n) is 9.22. The molecular weight excluding hydrogens is 330 g/mol. The van der Waals surface area contributed by atoms with E-state index in [9.17, 15) is 4.79 Å². The molecule has 90 valence electrons. The van der Waals surface area contributed by atoms with Gasteiger partial charge in [0.1, 0.15) is 0 Å². The number of hydrogen-bond acceptors (Lipinski definition) is 4. The second-order valence-electron chi connectivity index (χ2n) is 3.82. The third-order valence-electron chi connectivity index (χ3n) is 2.64. The smallest absolute Gasteiger partial charge is 0.169 e. The van der Waals surface area contributed by atoms with Crippen LogP contribution in [0, 0.1) is 0 Å². The first-order valence-electron chi connectivity index (χ1n) is 5.32. The van der Waals surface area contributed by atoms with Crippen LogP contribution in [-0.4, -0.2) is 10.8 Å². The molecule has 3 aromatic rings. The molecule has 3 rings (SSSR count). The normalized spacial score (nSPS) is 10.9. The minimum absolute atomic E-state index is 0.112. The molecule has 0 aliphatic heterocycles. The summed E-state index contributed by atoms with van der Waals surface area (Å²) in [4.78, 5) is 17.5. The Hall–Kier alpha value is -1.04. The summed E-state index contributed by atoms with van der Waals surface area (Å²) >= 11 is 6.65. The van der Waals surface area contributed by atoms with Gasteiger partial charge in [0, 0.05) is 27.5 Å². The summed E-state index contributed by atoms with van der Waals surface area (Å²) in [6.45, 7) is 0. The molecule has 2 nitrogen and oxygen atoms in total. The van der Waals surface area contributed by atoms with Crippen LogP contribution in [0.5, 0.6) is 0 Å². The van der Waals surface area contributed by atoms with Crippen LogP contribution in [0.15, 0.2) is 39.6 Å². The highest BCUT2D eigenvalue weighted by Crippen LogP contribution is 2.25. The molecule has 0 aliphatic rings. The topological polar surface area (TPSA) is 30.0 Å². The number of carbonyl (C=O) groups is 1. The van der Waals surface area contributed by atoms with Crippen molar-refractivity contribution < 1.29 is 4.79 Å². The van der Waals surface area contributed by atoms with Gasteiger partial charge in [0.2, 0.25) is 0 Å². The molecule has 0 aliphatic carbocycles. The van der Waals surface area contributed by atoms with E-state index in [1.807, 2.05) is 29.0 Å². The summed E-state index contributed by atoms with van der Waals surface area (Å²) < 4.78 is 2.07. The number of rotatable bonds is 3. The van der Waals surface area contributed by atoms with Gasteiger partial charge in [-0.15, -0.1) is 22.7 Å². The van der Waals surface area contributed by atoms with Crippen molar-refractivity contribution in [2.75, 3.05) is 0 Å². The van der Waals surface area contributed by atoms with Gasteiger partial charge in [-0.1, -0.05) is 0 Å². The molecule has 0 amide bonds. The van der Waals surface area contributed by atoms with Crippen LogP contribution in [-0.2, 0) is 6.42 Å². The number of carbonyl (C=O) groups excluding carboxylic acids is 1. The molecule has 0 unspecified atom stereocenters. The molecule has 0 aromatic carbocycles. The van der Waals surface area contributed by atoms with Gasteiger partial charge in [-0.25, -0.2) is 0 Å². The van der Waals surface area contributed by atoms with Gasteiger partial charge < -0.3 is 0 Å². The molecule has 0 radical (unpaired) electrons. The Morgan fingerprint density at radius 2 is 2.11 bits per heavy atom. The van der Waals surface area contributed by atoms with Gasteiger partial charge in [-0.2, -0.15) is 0 Å². The fraction of sp³-hybridized carbons (Fsp3) is 0.0769. The molecular formula is C13H8BrNOS2. The Kier molecular flexibility index (Phi) is 3.28. The first-order chi connectivity index (χ1) is 8.74. The van der Waals surface area contributed by atoms with Gasteiger partial charge in [0.15, 0.2) is 5.78 Å². The zero-order valence-corrected chi connectivity index (χ0v) is 12.4. The molecule has 0 N–H and O–H groups in total. The number of ketones is 1. The van der Waals surface area contributed by atoms with Gasteiger partial charge >= 0.3 is 0 Å². The maximum atomic E-state index is 12.2. The molecule has 0 saturated carbocycles. The van der Waals surface area contributed by atoms with Crippen molar-refractivity contribution in [3.8, 4) is 0 Å². The van der Waals surface area contributed by atoms with Crippen LogP contribution < -0.4 is 0 Å². The van der Waals surface area contributed by atoms with Gasteiger partial charge in [-0.05, 0) is 44.9 Å². The molecule has 5 heteroatoms. The van der Waals surface area contributed by atoms with Crippen molar-refractivity contribution >= 4 is 54.6 Å². The molecule has 3 aromatic heterocycles. The van der Waals surface area contributed by atoms with Crippen LogP contribution in [0.2, 0.25) is 0 Å². The van der Waals surface area contributed by atoms with E-state index in [0.29, 0.717) is 12.0 Å². The zero-order chi connectivity index (χ0) is 12.5. The van der Waals surface area contributed by atoms with E-state index >= 15 is 0 Å². The number of hydrogen-bond donors (Lipinski definition) is 0. The number of nitrogens with zero attached hydrogens (tertiary/aromatic N) is 1. The maximum absolute atomic E-state index is 12.2. The van der Waals surface area contributed by atoms with Crippen molar-refractivity contribution in [1.82, 2.24) is 4.98 Å². The highest BCUT2D eigenvalue weighted by Gasteiger charge is 2.12. The maximum Gasteiger partial charge on any atom is 0.169 e. The Morgan fingerprint density at radius 3 is 2.89 bits per heavy atom. The fourth-order valence-corrected chi connectivity index (χ4v) is 3.97. The number of halogens is 1. The highest BCUT2D eigenvalue weighted by atomic mass is 79.9. The Labute approximate surface area is 120 Å². The summed E-state index contributed by atoms with van der Waals surface area (Å²) in [5, 5.41) is 3.97. The van der Waals surface area contributed by atoms with Crippen LogP contribution in [0.25, 0.3) is 10.2 Å². The van der Waals surface area contributed by atoms with Crippen molar-refractivity contribution in [2.24, 2.45) is 0 Å². The van der Waals surface area contributed by atoms with Crippen LogP contribution in [0.1, 0.15) is 15.2 Å². The SMILES string of the molecule is O=C(Cc1sccc1Br)c1cnc2ccsc2c1. The minimum atomic E-state index is 0.112. The standard InChI is InChI=1S/C13H8BrNOS2/c14-9-1-3-17-12(9)6-11(16)8-5-13-10(15-7-8)2-4-18-13/h1-5,7H,6H2. The lowest BCUT2D eigenvalue weighted by molar-refractivity contribution is 0.0993. The Bertz CT molecular complexity index is 716. The summed E-state index contributed by atoms with van der Waals surface area (Å²) in [5.41, 5.74) is 1.64. The molecule has 0 bridgehead atoms. The third kappa shape index (κ3) is 2.25. The van der Waals surface area contributed by atoms with E-state index < -0.39 is 0 Å². The average Bonchev–Trinajstić information content (AvgIpc) is 2.98. The highest BCUT2D eigenvalue weighted by molar-refractivity contribution is 9.10. The molecule has 0 spiro atoms. The Morgan fingerprint density at radius 1 is 1.28 bits per heavy atom. The lowest BCUT2D eigenvalue weighted by atomic mass is 10.1. The second-order valence-corrected chi connectivity index (χ2v) is 6.62. The number of fused-ring (bicyclic) bond motifs is 1. The van der Waals surface area contributed by atoms with E-state index in [0.717, 1.165) is 19.6 Å². The number of Topliss-reactive ketones (excluding diaryl/α,β-unsaturated/α-hetero) is 1. The quantitative estimate of drug-likeness (QED) is 0.656. The predicted molar refractivity (Wildman–Crippen MR) is 79.7 cm³/mol. The summed E-state index contributed by atoms with van der Waals surface area (Å²) in [5.74, 6) is 0.112.